The molecule has 0 aliphatic carbocycles. The summed E-state index contributed by atoms with van der Waals surface area (Å²) in [7, 11) is 0. The minimum atomic E-state index is -0.533. The molecule has 4 heteroatoms. The molecule has 1 N–H and O–H groups in total. The number of oxazole rings is 1. The number of aliphatic hydroxyl groups is 1. The number of hydrogen-bond acceptors (Lipinski definition) is 4. The van der Waals surface area contributed by atoms with Gasteiger partial charge in [-0.05, 0) is 32.9 Å². The van der Waals surface area contributed by atoms with Crippen LogP contribution in [0, 0.1) is 0 Å². The van der Waals surface area contributed by atoms with Gasteiger partial charge in [0.1, 0.15) is 12.0 Å². The van der Waals surface area contributed by atoms with Crippen LogP contribution in [0.5, 0.6) is 0 Å². The molecule has 0 radical (unpaired) electrons. The van der Waals surface area contributed by atoms with Gasteiger partial charge in [0.2, 0.25) is 0 Å². The van der Waals surface area contributed by atoms with Crippen molar-refractivity contribution in [3.05, 3.63) is 17.8 Å². The number of aliphatic hydroxyl groups excluding tert-OH is 1. The number of likely N-dealkylation sites (tertiary alicyclic amines) is 1. The Bertz CT molecular complexity index is 303. The molecule has 0 amide bonds. The summed E-state index contributed by atoms with van der Waals surface area (Å²) in [6.07, 6.45) is 4.47. The first kappa shape index (κ1) is 10.6. The quantitative estimate of drug-likeness (QED) is 0.815. The Morgan fingerprint density at radius 3 is 2.87 bits per heavy atom. The van der Waals surface area contributed by atoms with Crippen LogP contribution >= 0.6 is 0 Å². The SMILES string of the molecule is CC(O)c1coc(CCN2CCCC2)n1. The molecule has 0 aromatic carbocycles. The highest BCUT2D eigenvalue weighted by Crippen LogP contribution is 2.13. The fourth-order valence-electron chi connectivity index (χ4n) is 1.89. The van der Waals surface area contributed by atoms with Crippen molar-refractivity contribution in [2.24, 2.45) is 0 Å². The summed E-state index contributed by atoms with van der Waals surface area (Å²) in [4.78, 5) is 6.65. The van der Waals surface area contributed by atoms with Crippen LogP contribution in [-0.2, 0) is 6.42 Å². The van der Waals surface area contributed by atoms with Crippen LogP contribution in [0.2, 0.25) is 0 Å². The van der Waals surface area contributed by atoms with E-state index in [1.165, 1.54) is 25.9 Å². The predicted molar refractivity (Wildman–Crippen MR) is 56.5 cm³/mol. The van der Waals surface area contributed by atoms with Crippen LogP contribution in [0.4, 0.5) is 0 Å². The fourth-order valence-corrected chi connectivity index (χ4v) is 1.89. The average Bonchev–Trinajstić information content (AvgIpc) is 2.86. The lowest BCUT2D eigenvalue weighted by molar-refractivity contribution is 0.194. The van der Waals surface area contributed by atoms with Crippen molar-refractivity contribution in [2.75, 3.05) is 19.6 Å². The van der Waals surface area contributed by atoms with E-state index in [9.17, 15) is 5.11 Å². The van der Waals surface area contributed by atoms with E-state index in [0.717, 1.165) is 18.9 Å². The molecule has 4 nitrogen and oxygen atoms in total. The smallest absolute Gasteiger partial charge is 0.195 e. The molecule has 2 heterocycles. The molecule has 0 spiro atoms. The first-order valence-corrected chi connectivity index (χ1v) is 5.60. The van der Waals surface area contributed by atoms with Gasteiger partial charge in [-0.1, -0.05) is 0 Å². The molecule has 1 atom stereocenters. The molecular formula is C11H18N2O2. The summed E-state index contributed by atoms with van der Waals surface area (Å²) in [6.45, 7) is 5.11. The van der Waals surface area contributed by atoms with Gasteiger partial charge in [-0.3, -0.25) is 0 Å². The zero-order valence-electron chi connectivity index (χ0n) is 9.15. The summed E-state index contributed by atoms with van der Waals surface area (Å²) in [5, 5.41) is 9.28. The predicted octanol–water partition coefficient (Wildman–Crippen LogP) is 1.37. The molecule has 1 aliphatic rings. The fraction of sp³-hybridized carbons (Fsp3) is 0.727. The lowest BCUT2D eigenvalue weighted by Crippen LogP contribution is -2.22. The summed E-state index contributed by atoms with van der Waals surface area (Å²) >= 11 is 0. The van der Waals surface area contributed by atoms with E-state index in [4.69, 9.17) is 4.42 Å². The van der Waals surface area contributed by atoms with Crippen molar-refractivity contribution >= 4 is 0 Å². The van der Waals surface area contributed by atoms with Crippen molar-refractivity contribution in [2.45, 2.75) is 32.3 Å². The van der Waals surface area contributed by atoms with Gasteiger partial charge in [-0.2, -0.15) is 0 Å². The van der Waals surface area contributed by atoms with Crippen molar-refractivity contribution in [1.29, 1.82) is 0 Å². The van der Waals surface area contributed by atoms with Crippen molar-refractivity contribution in [3.8, 4) is 0 Å². The number of nitrogens with zero attached hydrogens (tertiary/aromatic N) is 2. The normalized spacial score (nSPS) is 19.6. The summed E-state index contributed by atoms with van der Waals surface area (Å²) in [5.41, 5.74) is 0.631. The first-order valence-electron chi connectivity index (χ1n) is 5.60. The van der Waals surface area contributed by atoms with Crippen molar-refractivity contribution in [1.82, 2.24) is 9.88 Å². The zero-order chi connectivity index (χ0) is 10.7. The van der Waals surface area contributed by atoms with Gasteiger partial charge in [-0.25, -0.2) is 4.98 Å². The first-order chi connectivity index (χ1) is 7.25. The van der Waals surface area contributed by atoms with Gasteiger partial charge < -0.3 is 14.4 Å². The van der Waals surface area contributed by atoms with Crippen LogP contribution in [0.1, 0.15) is 37.5 Å². The third-order valence-electron chi connectivity index (χ3n) is 2.84. The van der Waals surface area contributed by atoms with E-state index in [1.807, 2.05) is 0 Å². The number of aromatic nitrogens is 1. The van der Waals surface area contributed by atoms with Crippen LogP contribution in [0.3, 0.4) is 0 Å². The van der Waals surface area contributed by atoms with E-state index < -0.39 is 6.10 Å². The maximum Gasteiger partial charge on any atom is 0.195 e. The molecule has 1 aromatic rings. The van der Waals surface area contributed by atoms with Crippen LogP contribution < -0.4 is 0 Å². The molecule has 0 saturated carbocycles. The highest BCUT2D eigenvalue weighted by molar-refractivity contribution is 4.99. The Morgan fingerprint density at radius 1 is 1.53 bits per heavy atom. The molecule has 1 fully saturated rings. The van der Waals surface area contributed by atoms with Gasteiger partial charge in [0.05, 0.1) is 6.10 Å². The Labute approximate surface area is 89.9 Å². The van der Waals surface area contributed by atoms with Crippen molar-refractivity contribution < 1.29 is 9.52 Å². The van der Waals surface area contributed by atoms with E-state index in [1.54, 1.807) is 13.2 Å². The Morgan fingerprint density at radius 2 is 2.27 bits per heavy atom. The molecular weight excluding hydrogens is 192 g/mol. The summed E-state index contributed by atoms with van der Waals surface area (Å²) in [5.74, 6) is 0.734. The molecule has 0 bridgehead atoms. The third-order valence-corrected chi connectivity index (χ3v) is 2.84. The maximum atomic E-state index is 9.28. The number of hydrogen-bond donors (Lipinski definition) is 1. The monoisotopic (exact) mass is 210 g/mol. The molecule has 84 valence electrons. The second-order valence-electron chi connectivity index (χ2n) is 4.14. The van der Waals surface area contributed by atoms with Gasteiger partial charge in [0.15, 0.2) is 5.89 Å². The molecule has 1 aliphatic heterocycles. The molecule has 15 heavy (non-hydrogen) atoms. The summed E-state index contributed by atoms with van der Waals surface area (Å²) < 4.78 is 5.29. The third kappa shape index (κ3) is 2.79. The van der Waals surface area contributed by atoms with Crippen LogP contribution in [0.25, 0.3) is 0 Å². The van der Waals surface area contributed by atoms with Crippen LogP contribution in [-0.4, -0.2) is 34.6 Å². The average molecular weight is 210 g/mol. The molecule has 1 saturated heterocycles. The minimum absolute atomic E-state index is 0.533. The zero-order valence-corrected chi connectivity index (χ0v) is 9.15. The standard InChI is InChI=1S/C11H18N2O2/c1-9(14)10-8-15-11(12-10)4-7-13-5-2-3-6-13/h8-9,14H,2-7H2,1H3. The van der Waals surface area contributed by atoms with Gasteiger partial charge >= 0.3 is 0 Å². The lowest BCUT2D eigenvalue weighted by atomic mass is 10.3. The Kier molecular flexibility index (Phi) is 3.38. The van der Waals surface area contributed by atoms with Crippen molar-refractivity contribution in [3.63, 3.8) is 0 Å². The highest BCUT2D eigenvalue weighted by Gasteiger charge is 2.13. The van der Waals surface area contributed by atoms with E-state index in [2.05, 4.69) is 9.88 Å². The minimum Gasteiger partial charge on any atom is -0.449 e. The van der Waals surface area contributed by atoms with Gasteiger partial charge in [-0.15, -0.1) is 0 Å². The lowest BCUT2D eigenvalue weighted by Gasteiger charge is -2.12. The van der Waals surface area contributed by atoms with E-state index >= 15 is 0 Å². The molecule has 1 unspecified atom stereocenters. The van der Waals surface area contributed by atoms with Gasteiger partial charge in [0.25, 0.3) is 0 Å². The topological polar surface area (TPSA) is 49.5 Å². The van der Waals surface area contributed by atoms with E-state index in [0.29, 0.717) is 5.69 Å². The van der Waals surface area contributed by atoms with Gasteiger partial charge in [0, 0.05) is 13.0 Å². The second kappa shape index (κ2) is 4.77. The largest absolute Gasteiger partial charge is 0.449 e. The maximum absolute atomic E-state index is 9.28. The Balaban J connectivity index is 1.82. The summed E-state index contributed by atoms with van der Waals surface area (Å²) in [6, 6.07) is 0. The Hall–Kier alpha value is -0.870. The number of rotatable bonds is 4. The van der Waals surface area contributed by atoms with E-state index in [-0.39, 0.29) is 0 Å². The second-order valence-corrected chi connectivity index (χ2v) is 4.14. The highest BCUT2D eigenvalue weighted by atomic mass is 16.3. The molecule has 1 aromatic heterocycles. The molecule has 2 rings (SSSR count). The van der Waals surface area contributed by atoms with Crippen LogP contribution in [0.15, 0.2) is 10.7 Å².